The van der Waals surface area contributed by atoms with Crippen LogP contribution in [0, 0.1) is 5.41 Å². The maximum atomic E-state index is 11.5. The molecule has 0 aliphatic heterocycles. The first-order chi connectivity index (χ1) is 8.12. The summed E-state index contributed by atoms with van der Waals surface area (Å²) in [5, 5.41) is 13.8. The minimum Gasteiger partial charge on any atom is -0.481 e. The van der Waals surface area contributed by atoms with Crippen LogP contribution in [0.25, 0.3) is 0 Å². The van der Waals surface area contributed by atoms with E-state index in [4.69, 9.17) is 5.11 Å². The molecule has 104 valence electrons. The molecule has 0 aromatic carbocycles. The molecule has 0 rings (SSSR count). The molecule has 18 heavy (non-hydrogen) atoms. The second-order valence-electron chi connectivity index (χ2n) is 5.41. The van der Waals surface area contributed by atoms with E-state index in [0.29, 0.717) is 0 Å². The minimum atomic E-state index is -0.939. The predicted octanol–water partition coefficient (Wildman–Crippen LogP) is 0.518. The minimum absolute atomic E-state index is 0.0258. The smallest absolute Gasteiger partial charge is 0.303 e. The summed E-state index contributed by atoms with van der Waals surface area (Å²) in [4.78, 5) is 33.4. The van der Waals surface area contributed by atoms with Crippen LogP contribution in [0.2, 0.25) is 0 Å². The molecular weight excluding hydrogens is 236 g/mol. The van der Waals surface area contributed by atoms with Crippen molar-refractivity contribution in [1.29, 1.82) is 0 Å². The average Bonchev–Trinajstić information content (AvgIpc) is 2.10. The number of rotatable bonds is 7. The molecule has 6 nitrogen and oxygen atoms in total. The van der Waals surface area contributed by atoms with E-state index in [1.165, 1.54) is 0 Å². The van der Waals surface area contributed by atoms with Gasteiger partial charge in [-0.3, -0.25) is 14.4 Å². The van der Waals surface area contributed by atoms with Gasteiger partial charge in [-0.1, -0.05) is 13.8 Å². The molecule has 0 bridgehead atoms. The molecule has 0 unspecified atom stereocenters. The fourth-order valence-corrected chi connectivity index (χ4v) is 1.52. The summed E-state index contributed by atoms with van der Waals surface area (Å²) in [5.74, 6) is -1.51. The molecule has 0 aliphatic carbocycles. The summed E-state index contributed by atoms with van der Waals surface area (Å²) in [5.41, 5.74) is -0.621. The maximum Gasteiger partial charge on any atom is 0.303 e. The van der Waals surface area contributed by atoms with Crippen molar-refractivity contribution in [2.75, 3.05) is 6.54 Å². The topological polar surface area (TPSA) is 95.5 Å². The molecule has 0 saturated carbocycles. The molecule has 0 spiro atoms. The fourth-order valence-electron chi connectivity index (χ4n) is 1.52. The standard InChI is InChI=1S/C12H22N2O4/c1-8(2)14-10(16)7-13-9(15)5-12(3,4)6-11(17)18/h8H,5-7H2,1-4H3,(H,13,15)(H,14,16)(H,17,18). The van der Waals surface area contributed by atoms with Crippen molar-refractivity contribution in [3.8, 4) is 0 Å². The third kappa shape index (κ3) is 8.55. The third-order valence-corrected chi connectivity index (χ3v) is 2.16. The van der Waals surface area contributed by atoms with Gasteiger partial charge in [0, 0.05) is 12.5 Å². The van der Waals surface area contributed by atoms with E-state index in [0.717, 1.165) is 0 Å². The van der Waals surface area contributed by atoms with E-state index in [-0.39, 0.29) is 37.2 Å². The molecule has 0 heterocycles. The van der Waals surface area contributed by atoms with E-state index in [1.54, 1.807) is 13.8 Å². The van der Waals surface area contributed by atoms with Crippen LogP contribution in [-0.2, 0) is 14.4 Å². The zero-order valence-corrected chi connectivity index (χ0v) is 11.4. The van der Waals surface area contributed by atoms with E-state index in [1.807, 2.05) is 13.8 Å². The van der Waals surface area contributed by atoms with Crippen LogP contribution in [0.3, 0.4) is 0 Å². The van der Waals surface area contributed by atoms with Crippen molar-refractivity contribution in [2.45, 2.75) is 46.6 Å². The van der Waals surface area contributed by atoms with Crippen LogP contribution in [0.5, 0.6) is 0 Å². The molecule has 2 amide bonds. The van der Waals surface area contributed by atoms with Crippen LogP contribution in [-0.4, -0.2) is 35.5 Å². The monoisotopic (exact) mass is 258 g/mol. The highest BCUT2D eigenvalue weighted by Crippen LogP contribution is 2.24. The second-order valence-corrected chi connectivity index (χ2v) is 5.41. The number of carbonyl (C=O) groups excluding carboxylic acids is 2. The molecular formula is C12H22N2O4. The van der Waals surface area contributed by atoms with Gasteiger partial charge in [0.25, 0.3) is 0 Å². The van der Waals surface area contributed by atoms with Crippen LogP contribution in [0.1, 0.15) is 40.5 Å². The van der Waals surface area contributed by atoms with Crippen molar-refractivity contribution in [2.24, 2.45) is 5.41 Å². The van der Waals surface area contributed by atoms with Gasteiger partial charge in [-0.2, -0.15) is 0 Å². The first kappa shape index (κ1) is 16.4. The Morgan fingerprint density at radius 1 is 1.11 bits per heavy atom. The molecule has 0 saturated heterocycles. The Morgan fingerprint density at radius 2 is 1.67 bits per heavy atom. The predicted molar refractivity (Wildman–Crippen MR) is 66.9 cm³/mol. The van der Waals surface area contributed by atoms with Gasteiger partial charge in [0.15, 0.2) is 0 Å². The molecule has 0 aromatic rings. The van der Waals surface area contributed by atoms with E-state index >= 15 is 0 Å². The van der Waals surface area contributed by atoms with Gasteiger partial charge in [0.05, 0.1) is 13.0 Å². The number of hydrogen-bond acceptors (Lipinski definition) is 3. The zero-order valence-electron chi connectivity index (χ0n) is 11.4. The number of carbonyl (C=O) groups is 3. The lowest BCUT2D eigenvalue weighted by Gasteiger charge is -2.21. The van der Waals surface area contributed by atoms with Crippen molar-refractivity contribution >= 4 is 17.8 Å². The number of carboxylic acids is 1. The van der Waals surface area contributed by atoms with Gasteiger partial charge in [0.1, 0.15) is 0 Å². The first-order valence-corrected chi connectivity index (χ1v) is 5.90. The van der Waals surface area contributed by atoms with Gasteiger partial charge < -0.3 is 15.7 Å². The second kappa shape index (κ2) is 6.98. The van der Waals surface area contributed by atoms with Gasteiger partial charge >= 0.3 is 5.97 Å². The third-order valence-electron chi connectivity index (χ3n) is 2.16. The molecule has 6 heteroatoms. The number of nitrogens with one attached hydrogen (secondary N) is 2. The number of amides is 2. The maximum absolute atomic E-state index is 11.5. The Bertz CT molecular complexity index is 324. The fraction of sp³-hybridized carbons (Fsp3) is 0.750. The number of aliphatic carboxylic acids is 1. The lowest BCUT2D eigenvalue weighted by atomic mass is 9.85. The number of carboxylic acid groups (broad SMARTS) is 1. The van der Waals surface area contributed by atoms with Gasteiger partial charge in [0.2, 0.25) is 11.8 Å². The van der Waals surface area contributed by atoms with E-state index < -0.39 is 11.4 Å². The molecule has 0 aliphatic rings. The van der Waals surface area contributed by atoms with Crippen LogP contribution in [0.4, 0.5) is 0 Å². The quantitative estimate of drug-likeness (QED) is 0.620. The van der Waals surface area contributed by atoms with Gasteiger partial charge in [-0.25, -0.2) is 0 Å². The Morgan fingerprint density at radius 3 is 2.11 bits per heavy atom. The lowest BCUT2D eigenvalue weighted by molar-refractivity contribution is -0.140. The summed E-state index contributed by atoms with van der Waals surface area (Å²) in [6.07, 6.45) is -0.00707. The Hall–Kier alpha value is -1.59. The van der Waals surface area contributed by atoms with Crippen molar-refractivity contribution in [3.63, 3.8) is 0 Å². The van der Waals surface area contributed by atoms with Crippen LogP contribution in [0.15, 0.2) is 0 Å². The molecule has 0 atom stereocenters. The van der Waals surface area contributed by atoms with Crippen LogP contribution >= 0.6 is 0 Å². The Labute approximate surface area is 107 Å². The van der Waals surface area contributed by atoms with Crippen molar-refractivity contribution in [3.05, 3.63) is 0 Å². The lowest BCUT2D eigenvalue weighted by Crippen LogP contribution is -2.40. The summed E-state index contributed by atoms with van der Waals surface area (Å²) in [6.45, 7) is 6.98. The molecule has 0 radical (unpaired) electrons. The zero-order chi connectivity index (χ0) is 14.3. The normalized spacial score (nSPS) is 11.2. The summed E-state index contributed by atoms with van der Waals surface area (Å²) in [6, 6.07) is 0.0258. The van der Waals surface area contributed by atoms with Crippen molar-refractivity contribution in [1.82, 2.24) is 10.6 Å². The van der Waals surface area contributed by atoms with Crippen molar-refractivity contribution < 1.29 is 19.5 Å². The highest BCUT2D eigenvalue weighted by Gasteiger charge is 2.25. The van der Waals surface area contributed by atoms with Gasteiger partial charge in [-0.15, -0.1) is 0 Å². The highest BCUT2D eigenvalue weighted by molar-refractivity contribution is 5.85. The first-order valence-electron chi connectivity index (χ1n) is 5.90. The number of hydrogen-bond donors (Lipinski definition) is 3. The van der Waals surface area contributed by atoms with E-state index in [9.17, 15) is 14.4 Å². The highest BCUT2D eigenvalue weighted by atomic mass is 16.4. The SMILES string of the molecule is CC(C)NC(=O)CNC(=O)CC(C)(C)CC(=O)O. The summed E-state index contributed by atoms with van der Waals surface area (Å²) < 4.78 is 0. The largest absolute Gasteiger partial charge is 0.481 e. The summed E-state index contributed by atoms with van der Waals surface area (Å²) in [7, 11) is 0. The average molecular weight is 258 g/mol. The van der Waals surface area contributed by atoms with E-state index in [2.05, 4.69) is 10.6 Å². The molecule has 0 fully saturated rings. The molecule has 3 N–H and O–H groups in total. The molecule has 0 aromatic heterocycles. The summed E-state index contributed by atoms with van der Waals surface area (Å²) >= 11 is 0. The Balaban J connectivity index is 4.04. The van der Waals surface area contributed by atoms with Gasteiger partial charge in [-0.05, 0) is 19.3 Å². The van der Waals surface area contributed by atoms with Crippen LogP contribution < -0.4 is 10.6 Å². The Kier molecular flexibility index (Phi) is 6.36.